The molecule has 0 unspecified atom stereocenters. The van der Waals surface area contributed by atoms with Gasteiger partial charge in [0.25, 0.3) is 0 Å². The fourth-order valence-electron chi connectivity index (χ4n) is 3.23. The lowest BCUT2D eigenvalue weighted by Crippen LogP contribution is -2.20. The zero-order chi connectivity index (χ0) is 22.0. The number of halogens is 2. The summed E-state index contributed by atoms with van der Waals surface area (Å²) in [7, 11) is 0. The summed E-state index contributed by atoms with van der Waals surface area (Å²) in [6.07, 6.45) is 3.37. The fraction of sp³-hybridized carbons (Fsp3) is 0.174. The van der Waals surface area contributed by atoms with Gasteiger partial charge in [-0.15, -0.1) is 0 Å². The van der Waals surface area contributed by atoms with Crippen LogP contribution in [0.3, 0.4) is 0 Å². The van der Waals surface area contributed by atoms with Crippen LogP contribution in [-0.4, -0.2) is 20.4 Å². The van der Waals surface area contributed by atoms with Crippen molar-refractivity contribution in [3.63, 3.8) is 0 Å². The molecule has 2 aromatic heterocycles. The summed E-state index contributed by atoms with van der Waals surface area (Å²) in [6.45, 7) is 4.16. The minimum absolute atomic E-state index is 0.00678. The van der Waals surface area contributed by atoms with Gasteiger partial charge in [-0.3, -0.25) is 9.78 Å². The molecule has 0 radical (unpaired) electrons. The van der Waals surface area contributed by atoms with Crippen molar-refractivity contribution in [1.82, 2.24) is 14.5 Å². The van der Waals surface area contributed by atoms with Gasteiger partial charge in [-0.1, -0.05) is 51.5 Å². The molecule has 31 heavy (non-hydrogen) atoms. The van der Waals surface area contributed by atoms with E-state index in [0.29, 0.717) is 4.47 Å². The van der Waals surface area contributed by atoms with Crippen molar-refractivity contribution in [2.45, 2.75) is 31.3 Å². The van der Waals surface area contributed by atoms with E-state index in [1.54, 1.807) is 30.2 Å². The molecule has 0 aliphatic carbocycles. The zero-order valence-electron chi connectivity index (χ0n) is 17.0. The number of pyridine rings is 1. The number of carbonyl (C=O) groups excluding carboxylic acids is 1. The van der Waals surface area contributed by atoms with Gasteiger partial charge in [-0.2, -0.15) is 0 Å². The second-order valence-electron chi connectivity index (χ2n) is 7.24. The number of rotatable bonds is 6. The van der Waals surface area contributed by atoms with Gasteiger partial charge in [0.1, 0.15) is 12.4 Å². The number of carbonyl (C=O) groups is 1. The molecule has 0 saturated heterocycles. The van der Waals surface area contributed by atoms with Crippen molar-refractivity contribution in [3.05, 3.63) is 81.8 Å². The number of aryl methyl sites for hydroxylation is 2. The molecule has 4 aromatic rings. The van der Waals surface area contributed by atoms with E-state index in [1.807, 2.05) is 10.6 Å². The number of nitrogens with zero attached hydrogens (tertiary/aromatic N) is 3. The zero-order valence-corrected chi connectivity index (χ0v) is 19.4. The molecule has 4 rings (SSSR count). The first-order valence-electron chi connectivity index (χ1n) is 9.65. The molecule has 0 aliphatic heterocycles. The highest BCUT2D eigenvalue weighted by Crippen LogP contribution is 2.28. The summed E-state index contributed by atoms with van der Waals surface area (Å²) in [5.74, 6) is -0.102. The number of hydrogen-bond donors (Lipinski definition) is 1. The molecule has 2 heterocycles. The summed E-state index contributed by atoms with van der Waals surface area (Å²) in [4.78, 5) is 21.6. The van der Waals surface area contributed by atoms with Crippen LogP contribution in [-0.2, 0) is 17.1 Å². The summed E-state index contributed by atoms with van der Waals surface area (Å²) >= 11 is 4.78. The number of amides is 1. The Labute approximate surface area is 192 Å². The molecule has 8 heteroatoms. The molecule has 0 aliphatic rings. The van der Waals surface area contributed by atoms with Gasteiger partial charge in [0.2, 0.25) is 5.91 Å². The number of anilines is 1. The van der Waals surface area contributed by atoms with E-state index in [4.69, 9.17) is 4.98 Å². The van der Waals surface area contributed by atoms with Crippen LogP contribution in [0.2, 0.25) is 0 Å². The Hall–Kier alpha value is -2.71. The molecule has 1 N–H and O–H groups in total. The molecular formula is C23H20BrFN4OS. The van der Waals surface area contributed by atoms with Crippen LogP contribution in [0.5, 0.6) is 0 Å². The van der Waals surface area contributed by atoms with Gasteiger partial charge < -0.3 is 9.88 Å². The Bertz CT molecular complexity index is 1270. The second-order valence-corrected chi connectivity index (χ2v) is 9.09. The first kappa shape index (κ1) is 21.5. The van der Waals surface area contributed by atoms with Gasteiger partial charge in [-0.25, -0.2) is 9.37 Å². The molecule has 0 atom stereocenters. The third-order valence-corrected chi connectivity index (χ3v) is 6.40. The minimum atomic E-state index is -0.496. The average Bonchev–Trinajstić information content (AvgIpc) is 3.08. The van der Waals surface area contributed by atoms with Gasteiger partial charge >= 0.3 is 0 Å². The monoisotopic (exact) mass is 498 g/mol. The maximum absolute atomic E-state index is 14.1. The Balaban J connectivity index is 1.58. The first-order chi connectivity index (χ1) is 14.9. The highest BCUT2D eigenvalue weighted by Gasteiger charge is 2.16. The lowest BCUT2D eigenvalue weighted by Gasteiger charge is -2.11. The number of hydrogen-bond acceptors (Lipinski definition) is 4. The molecule has 1 amide bonds. The molecule has 0 saturated carbocycles. The normalized spacial score (nSPS) is 11.1. The van der Waals surface area contributed by atoms with E-state index in [2.05, 4.69) is 58.3 Å². The third-order valence-electron chi connectivity index (χ3n) is 4.88. The number of aromatic nitrogens is 3. The topological polar surface area (TPSA) is 59.8 Å². The summed E-state index contributed by atoms with van der Waals surface area (Å²) in [5, 5.41) is 3.36. The number of thioether (sulfide) groups is 1. The highest BCUT2D eigenvalue weighted by molar-refractivity contribution is 9.10. The van der Waals surface area contributed by atoms with Crippen molar-refractivity contribution in [1.29, 1.82) is 0 Å². The summed E-state index contributed by atoms with van der Waals surface area (Å²) in [5.41, 5.74) is 5.31. The van der Waals surface area contributed by atoms with E-state index < -0.39 is 5.82 Å². The van der Waals surface area contributed by atoms with Crippen molar-refractivity contribution < 1.29 is 9.18 Å². The molecule has 0 bridgehead atoms. The summed E-state index contributed by atoms with van der Waals surface area (Å²) in [6, 6.07) is 12.7. The van der Waals surface area contributed by atoms with Gasteiger partial charge in [-0.05, 0) is 49.2 Å². The number of benzene rings is 2. The molecule has 0 spiro atoms. The quantitative estimate of drug-likeness (QED) is 0.337. The average molecular weight is 499 g/mol. The molecular weight excluding hydrogens is 479 g/mol. The van der Waals surface area contributed by atoms with Crippen LogP contribution in [0.1, 0.15) is 16.7 Å². The van der Waals surface area contributed by atoms with E-state index in [1.165, 1.54) is 28.8 Å². The molecule has 158 valence electrons. The lowest BCUT2D eigenvalue weighted by molar-refractivity contribution is -0.116. The van der Waals surface area contributed by atoms with Crippen molar-refractivity contribution in [2.75, 3.05) is 5.32 Å². The molecule has 2 aromatic carbocycles. The summed E-state index contributed by atoms with van der Waals surface area (Å²) < 4.78 is 16.6. The van der Waals surface area contributed by atoms with E-state index in [-0.39, 0.29) is 18.1 Å². The van der Waals surface area contributed by atoms with Crippen LogP contribution >= 0.6 is 27.7 Å². The SMILES string of the molecule is Cc1ccc(C)c(CSc2nc3ccncc3n2CC(=O)Nc2ccc(Br)cc2F)c1. The van der Waals surface area contributed by atoms with Crippen molar-refractivity contribution in [2.24, 2.45) is 0 Å². The predicted molar refractivity (Wildman–Crippen MR) is 126 cm³/mol. The fourth-order valence-corrected chi connectivity index (χ4v) is 4.64. The van der Waals surface area contributed by atoms with Crippen LogP contribution in [0.25, 0.3) is 11.0 Å². The van der Waals surface area contributed by atoms with Gasteiger partial charge in [0, 0.05) is 16.4 Å². The van der Waals surface area contributed by atoms with E-state index >= 15 is 0 Å². The van der Waals surface area contributed by atoms with Crippen molar-refractivity contribution in [3.8, 4) is 0 Å². The highest BCUT2D eigenvalue weighted by atomic mass is 79.9. The van der Waals surface area contributed by atoms with Crippen molar-refractivity contribution >= 4 is 50.3 Å². The lowest BCUT2D eigenvalue weighted by atomic mass is 10.1. The van der Waals surface area contributed by atoms with E-state index in [0.717, 1.165) is 21.9 Å². The Morgan fingerprint density at radius 2 is 2.03 bits per heavy atom. The Kier molecular flexibility index (Phi) is 6.38. The molecule has 0 fully saturated rings. The number of imidazole rings is 1. The van der Waals surface area contributed by atoms with Gasteiger partial charge in [0.15, 0.2) is 5.16 Å². The van der Waals surface area contributed by atoms with Crippen LogP contribution in [0.4, 0.5) is 10.1 Å². The maximum Gasteiger partial charge on any atom is 0.244 e. The van der Waals surface area contributed by atoms with E-state index in [9.17, 15) is 9.18 Å². The standard InChI is InChI=1S/C23H20BrFN4OS/c1-14-3-4-15(2)16(9-14)13-31-23-28-20-7-8-26-11-21(20)29(23)12-22(30)27-19-6-5-17(24)10-18(19)25/h3-11H,12-13H2,1-2H3,(H,27,30). The molecule has 5 nitrogen and oxygen atoms in total. The van der Waals surface area contributed by atoms with Gasteiger partial charge in [0.05, 0.1) is 22.9 Å². The van der Waals surface area contributed by atoms with Crippen LogP contribution in [0.15, 0.2) is 64.5 Å². The van der Waals surface area contributed by atoms with Crippen LogP contribution in [0, 0.1) is 19.7 Å². The predicted octanol–water partition coefficient (Wildman–Crippen LogP) is 5.88. The number of fused-ring (bicyclic) bond motifs is 1. The number of nitrogens with one attached hydrogen (secondary N) is 1. The van der Waals surface area contributed by atoms with Crippen LogP contribution < -0.4 is 5.32 Å². The largest absolute Gasteiger partial charge is 0.322 e. The first-order valence-corrected chi connectivity index (χ1v) is 11.4. The maximum atomic E-state index is 14.1. The Morgan fingerprint density at radius 1 is 1.19 bits per heavy atom. The third kappa shape index (κ3) is 4.97. The minimum Gasteiger partial charge on any atom is -0.322 e. The second kappa shape index (κ2) is 9.20. The smallest absolute Gasteiger partial charge is 0.244 e. The Morgan fingerprint density at radius 3 is 2.84 bits per heavy atom.